The second-order valence-electron chi connectivity index (χ2n) is 8.81. The first-order valence-electron chi connectivity index (χ1n) is 11.5. The van der Waals surface area contributed by atoms with Gasteiger partial charge in [0.05, 0.1) is 0 Å². The Balaban J connectivity index is 0.00000272. The number of aromatic nitrogens is 1. The van der Waals surface area contributed by atoms with Gasteiger partial charge in [0.2, 0.25) is 5.91 Å². The van der Waals surface area contributed by atoms with E-state index in [-0.39, 0.29) is 35.9 Å². The van der Waals surface area contributed by atoms with E-state index in [1.165, 1.54) is 41.3 Å². The minimum absolute atomic E-state index is 0. The highest BCUT2D eigenvalue weighted by Gasteiger charge is 2.31. The van der Waals surface area contributed by atoms with E-state index in [1.807, 2.05) is 7.05 Å². The lowest BCUT2D eigenvalue weighted by molar-refractivity contribution is -0.135. The average molecular weight is 537 g/mol. The van der Waals surface area contributed by atoms with Gasteiger partial charge < -0.3 is 20.5 Å². The van der Waals surface area contributed by atoms with Crippen LogP contribution >= 0.6 is 24.0 Å². The number of nitrogens with one attached hydrogen (secondary N) is 3. The lowest BCUT2D eigenvalue weighted by atomic mass is 9.88. The number of H-pyrrole nitrogens is 1. The van der Waals surface area contributed by atoms with Crippen molar-refractivity contribution in [2.24, 2.45) is 10.9 Å². The third-order valence-electron chi connectivity index (χ3n) is 6.70. The topological polar surface area (TPSA) is 72.5 Å². The van der Waals surface area contributed by atoms with Gasteiger partial charge >= 0.3 is 0 Å². The molecule has 31 heavy (non-hydrogen) atoms. The summed E-state index contributed by atoms with van der Waals surface area (Å²) >= 11 is 0. The number of nitrogens with zero attached hydrogens (tertiary/aromatic N) is 2. The molecular formula is C24H36IN5O. The number of carbonyl (C=O) groups excluding carboxylic acids is 1. The highest BCUT2D eigenvalue weighted by atomic mass is 127. The Morgan fingerprint density at radius 2 is 2.03 bits per heavy atom. The number of fused-ring (bicyclic) bond motifs is 1. The Labute approximate surface area is 202 Å². The molecule has 3 N–H and O–H groups in total. The molecule has 4 rings (SSSR count). The molecule has 2 heterocycles. The number of hydrogen-bond donors (Lipinski definition) is 3. The van der Waals surface area contributed by atoms with Crippen LogP contribution < -0.4 is 10.6 Å². The van der Waals surface area contributed by atoms with Crippen LogP contribution in [0.2, 0.25) is 0 Å². The molecule has 1 saturated heterocycles. The van der Waals surface area contributed by atoms with E-state index < -0.39 is 0 Å². The van der Waals surface area contributed by atoms with Crippen molar-refractivity contribution < 1.29 is 4.79 Å². The summed E-state index contributed by atoms with van der Waals surface area (Å²) in [7, 11) is 1.81. The maximum atomic E-state index is 12.8. The Kier molecular flexibility index (Phi) is 8.63. The van der Waals surface area contributed by atoms with Gasteiger partial charge in [-0.05, 0) is 49.8 Å². The SMILES string of the molecule is CN=C(NCCc1c[nH]c2cccc(C)c12)NC1CCN(C(=O)C2CCCCC2)C1.I. The molecule has 7 heteroatoms. The molecule has 1 atom stereocenters. The Morgan fingerprint density at radius 1 is 1.23 bits per heavy atom. The van der Waals surface area contributed by atoms with E-state index in [0.29, 0.717) is 5.91 Å². The summed E-state index contributed by atoms with van der Waals surface area (Å²) in [5, 5.41) is 8.30. The van der Waals surface area contributed by atoms with E-state index >= 15 is 0 Å². The number of rotatable bonds is 5. The lowest BCUT2D eigenvalue weighted by Gasteiger charge is -2.26. The van der Waals surface area contributed by atoms with Crippen molar-refractivity contribution >= 4 is 46.7 Å². The summed E-state index contributed by atoms with van der Waals surface area (Å²) < 4.78 is 0. The third kappa shape index (κ3) is 5.73. The summed E-state index contributed by atoms with van der Waals surface area (Å²) in [6, 6.07) is 6.65. The van der Waals surface area contributed by atoms with E-state index in [2.05, 4.69) is 56.8 Å². The summed E-state index contributed by atoms with van der Waals surface area (Å²) in [6.45, 7) is 4.63. The van der Waals surface area contributed by atoms with Crippen LogP contribution in [0.1, 0.15) is 49.7 Å². The van der Waals surface area contributed by atoms with E-state index in [0.717, 1.165) is 51.3 Å². The number of hydrogen-bond acceptors (Lipinski definition) is 2. The van der Waals surface area contributed by atoms with Gasteiger partial charge in [-0.3, -0.25) is 9.79 Å². The largest absolute Gasteiger partial charge is 0.361 e. The summed E-state index contributed by atoms with van der Waals surface area (Å²) in [4.78, 5) is 22.6. The highest BCUT2D eigenvalue weighted by molar-refractivity contribution is 14.0. The number of benzene rings is 1. The van der Waals surface area contributed by atoms with Crippen LogP contribution in [-0.4, -0.2) is 54.5 Å². The van der Waals surface area contributed by atoms with Gasteiger partial charge in [-0.15, -0.1) is 24.0 Å². The first-order valence-corrected chi connectivity index (χ1v) is 11.5. The van der Waals surface area contributed by atoms with Gasteiger partial charge in [-0.1, -0.05) is 31.4 Å². The maximum Gasteiger partial charge on any atom is 0.225 e. The van der Waals surface area contributed by atoms with Gasteiger partial charge in [-0.25, -0.2) is 0 Å². The molecule has 0 radical (unpaired) electrons. The predicted molar refractivity (Wildman–Crippen MR) is 138 cm³/mol. The molecular weight excluding hydrogens is 501 g/mol. The molecule has 1 aromatic carbocycles. The molecule has 170 valence electrons. The Morgan fingerprint density at radius 3 is 2.81 bits per heavy atom. The van der Waals surface area contributed by atoms with E-state index in [9.17, 15) is 4.79 Å². The summed E-state index contributed by atoms with van der Waals surface area (Å²) in [6.07, 6.45) is 9.88. The minimum atomic E-state index is 0. The van der Waals surface area contributed by atoms with Crippen molar-refractivity contribution in [3.63, 3.8) is 0 Å². The second kappa shape index (κ2) is 11.2. The van der Waals surface area contributed by atoms with Crippen LogP contribution in [0, 0.1) is 12.8 Å². The standard InChI is InChI=1S/C24H35N5O.HI/c1-17-7-6-10-21-22(17)19(15-27-21)11-13-26-24(25-2)28-20-12-14-29(16-20)23(30)18-8-4-3-5-9-18;/h6-7,10,15,18,20,27H,3-5,8-9,11-14,16H2,1-2H3,(H2,25,26,28);1H. The molecule has 1 aliphatic heterocycles. The van der Waals surface area contributed by atoms with Gasteiger partial charge in [0.15, 0.2) is 5.96 Å². The van der Waals surface area contributed by atoms with Crippen LogP contribution in [0.5, 0.6) is 0 Å². The number of aliphatic imine (C=N–C) groups is 1. The van der Waals surface area contributed by atoms with Gasteiger partial charge in [-0.2, -0.15) is 0 Å². The second-order valence-corrected chi connectivity index (χ2v) is 8.81. The normalized spacial score (nSPS) is 20.0. The molecule has 1 saturated carbocycles. The van der Waals surface area contributed by atoms with Crippen LogP contribution in [0.25, 0.3) is 10.9 Å². The van der Waals surface area contributed by atoms with Gasteiger partial charge in [0.1, 0.15) is 0 Å². The lowest BCUT2D eigenvalue weighted by Crippen LogP contribution is -2.46. The fourth-order valence-corrected chi connectivity index (χ4v) is 5.04. The highest BCUT2D eigenvalue weighted by Crippen LogP contribution is 2.27. The molecule has 1 aromatic heterocycles. The van der Waals surface area contributed by atoms with Crippen LogP contribution in [0.4, 0.5) is 0 Å². The zero-order valence-electron chi connectivity index (χ0n) is 18.7. The number of carbonyl (C=O) groups is 1. The van der Waals surface area contributed by atoms with E-state index in [4.69, 9.17) is 0 Å². The van der Waals surface area contributed by atoms with Crippen molar-refractivity contribution in [3.8, 4) is 0 Å². The van der Waals surface area contributed by atoms with Crippen LogP contribution in [-0.2, 0) is 11.2 Å². The van der Waals surface area contributed by atoms with Crippen molar-refractivity contribution in [1.29, 1.82) is 0 Å². The van der Waals surface area contributed by atoms with Crippen molar-refractivity contribution in [1.82, 2.24) is 20.5 Å². The van der Waals surface area contributed by atoms with E-state index in [1.54, 1.807) is 0 Å². The molecule has 1 unspecified atom stereocenters. The fraction of sp³-hybridized carbons (Fsp3) is 0.583. The minimum Gasteiger partial charge on any atom is -0.361 e. The number of amides is 1. The fourth-order valence-electron chi connectivity index (χ4n) is 5.04. The molecule has 2 fully saturated rings. The molecule has 1 amide bonds. The van der Waals surface area contributed by atoms with Crippen molar-refractivity contribution in [2.45, 2.75) is 57.9 Å². The Bertz CT molecular complexity index is 903. The number of halogens is 1. The number of guanidine groups is 1. The molecule has 0 spiro atoms. The van der Waals surface area contributed by atoms with Crippen LogP contribution in [0.15, 0.2) is 29.4 Å². The smallest absolute Gasteiger partial charge is 0.225 e. The van der Waals surface area contributed by atoms with Gasteiger partial charge in [0, 0.05) is 55.7 Å². The van der Waals surface area contributed by atoms with Crippen LogP contribution in [0.3, 0.4) is 0 Å². The molecule has 1 aliphatic carbocycles. The number of likely N-dealkylation sites (tertiary alicyclic amines) is 1. The Hall–Kier alpha value is -1.77. The monoisotopic (exact) mass is 537 g/mol. The molecule has 2 aromatic rings. The third-order valence-corrected chi connectivity index (χ3v) is 6.70. The molecule has 6 nitrogen and oxygen atoms in total. The molecule has 2 aliphatic rings. The van der Waals surface area contributed by atoms with Crippen molar-refractivity contribution in [3.05, 3.63) is 35.5 Å². The maximum absolute atomic E-state index is 12.8. The zero-order valence-corrected chi connectivity index (χ0v) is 21.1. The van der Waals surface area contributed by atoms with Crippen molar-refractivity contribution in [2.75, 3.05) is 26.7 Å². The number of aromatic amines is 1. The summed E-state index contributed by atoms with van der Waals surface area (Å²) in [5.41, 5.74) is 3.83. The average Bonchev–Trinajstić information content (AvgIpc) is 3.41. The first kappa shape index (κ1) is 23.9. The first-order chi connectivity index (χ1) is 14.7. The molecule has 0 bridgehead atoms. The summed E-state index contributed by atoms with van der Waals surface area (Å²) in [5.74, 6) is 1.45. The van der Waals surface area contributed by atoms with Gasteiger partial charge in [0.25, 0.3) is 0 Å². The zero-order chi connectivity index (χ0) is 20.9. The number of aryl methyl sites for hydroxylation is 1. The quantitative estimate of drug-likeness (QED) is 0.307. The predicted octanol–water partition coefficient (Wildman–Crippen LogP) is 3.98.